The van der Waals surface area contributed by atoms with Crippen LogP contribution in [-0.2, 0) is 14.8 Å². The lowest BCUT2D eigenvalue weighted by atomic mass is 10.2. The number of carbonyl (C=O) groups is 1. The zero-order valence-corrected chi connectivity index (χ0v) is 14.0. The molecule has 0 amide bonds. The summed E-state index contributed by atoms with van der Waals surface area (Å²) in [4.78, 5) is 11.4. The molecule has 1 saturated heterocycles. The maximum atomic E-state index is 12.8. The second kappa shape index (κ2) is 6.16. The van der Waals surface area contributed by atoms with E-state index in [2.05, 4.69) is 0 Å². The predicted octanol–water partition coefficient (Wildman–Crippen LogP) is 2.51. The minimum atomic E-state index is -3.90. The molecule has 1 aliphatic rings. The van der Waals surface area contributed by atoms with Crippen molar-refractivity contribution in [2.24, 2.45) is 5.92 Å². The van der Waals surface area contributed by atoms with E-state index in [-0.39, 0.29) is 16.6 Å². The van der Waals surface area contributed by atoms with E-state index < -0.39 is 27.4 Å². The SMILES string of the molecule is CC(C)C1SCC(C(=O)O)N1S(=O)(=O)c1cccc(Cl)c1. The molecule has 0 saturated carbocycles. The zero-order valence-electron chi connectivity index (χ0n) is 11.6. The van der Waals surface area contributed by atoms with Gasteiger partial charge in [-0.15, -0.1) is 11.8 Å². The molecule has 1 heterocycles. The highest BCUT2D eigenvalue weighted by Gasteiger charge is 2.47. The van der Waals surface area contributed by atoms with E-state index in [0.29, 0.717) is 5.02 Å². The van der Waals surface area contributed by atoms with Crippen molar-refractivity contribution in [3.8, 4) is 0 Å². The Morgan fingerprint density at radius 3 is 2.67 bits per heavy atom. The third kappa shape index (κ3) is 3.21. The lowest BCUT2D eigenvalue weighted by Gasteiger charge is -2.28. The molecular formula is C13H16ClNO4S2. The van der Waals surface area contributed by atoms with Crippen LogP contribution in [0, 0.1) is 5.92 Å². The van der Waals surface area contributed by atoms with Gasteiger partial charge in [0.05, 0.1) is 10.3 Å². The number of carboxylic acid groups (broad SMARTS) is 1. The standard InChI is InChI=1S/C13H16ClNO4S2/c1-8(2)12-15(11(7-20-12)13(16)17)21(18,19)10-5-3-4-9(14)6-10/h3-6,8,11-12H,7H2,1-2H3,(H,16,17). The Bertz CT molecular complexity index is 647. The smallest absolute Gasteiger partial charge is 0.322 e. The zero-order chi connectivity index (χ0) is 15.8. The van der Waals surface area contributed by atoms with Crippen LogP contribution in [-0.4, -0.2) is 41.0 Å². The van der Waals surface area contributed by atoms with E-state index in [1.165, 1.54) is 23.9 Å². The molecule has 0 bridgehead atoms. The summed E-state index contributed by atoms with van der Waals surface area (Å²) in [5.41, 5.74) is 0. The molecule has 21 heavy (non-hydrogen) atoms. The molecular weight excluding hydrogens is 334 g/mol. The first kappa shape index (κ1) is 16.6. The molecule has 1 fully saturated rings. The molecule has 116 valence electrons. The topological polar surface area (TPSA) is 74.7 Å². The van der Waals surface area contributed by atoms with Crippen molar-refractivity contribution in [2.75, 3.05) is 5.75 Å². The summed E-state index contributed by atoms with van der Waals surface area (Å²) in [6.07, 6.45) is 0. The summed E-state index contributed by atoms with van der Waals surface area (Å²) in [6, 6.07) is 4.84. The van der Waals surface area contributed by atoms with Gasteiger partial charge in [0.1, 0.15) is 6.04 Å². The Hall–Kier alpha value is -0.760. The third-order valence-corrected chi connectivity index (χ3v) is 7.09. The minimum Gasteiger partial charge on any atom is -0.480 e. The first-order valence-electron chi connectivity index (χ1n) is 6.38. The van der Waals surface area contributed by atoms with Gasteiger partial charge in [0.25, 0.3) is 0 Å². The van der Waals surface area contributed by atoms with E-state index in [1.54, 1.807) is 12.1 Å². The van der Waals surface area contributed by atoms with E-state index in [9.17, 15) is 18.3 Å². The largest absolute Gasteiger partial charge is 0.480 e. The molecule has 2 unspecified atom stereocenters. The fourth-order valence-corrected chi connectivity index (χ4v) is 6.25. The summed E-state index contributed by atoms with van der Waals surface area (Å²) in [7, 11) is -3.90. The number of sulfonamides is 1. The van der Waals surface area contributed by atoms with Crippen LogP contribution in [0.3, 0.4) is 0 Å². The van der Waals surface area contributed by atoms with Crippen molar-refractivity contribution >= 4 is 39.4 Å². The van der Waals surface area contributed by atoms with Gasteiger partial charge in [-0.1, -0.05) is 31.5 Å². The number of halogens is 1. The normalized spacial score (nSPS) is 23.6. The van der Waals surface area contributed by atoms with Gasteiger partial charge in [0.2, 0.25) is 10.0 Å². The number of rotatable bonds is 4. The van der Waals surface area contributed by atoms with Crippen molar-refractivity contribution in [3.05, 3.63) is 29.3 Å². The van der Waals surface area contributed by atoms with E-state index >= 15 is 0 Å². The van der Waals surface area contributed by atoms with E-state index in [0.717, 1.165) is 4.31 Å². The van der Waals surface area contributed by atoms with Crippen molar-refractivity contribution in [1.29, 1.82) is 0 Å². The van der Waals surface area contributed by atoms with Gasteiger partial charge in [-0.2, -0.15) is 4.31 Å². The fourth-order valence-electron chi connectivity index (χ4n) is 2.23. The molecule has 1 N–H and O–H groups in total. The number of aliphatic carboxylic acids is 1. The maximum Gasteiger partial charge on any atom is 0.322 e. The highest BCUT2D eigenvalue weighted by molar-refractivity contribution is 8.01. The van der Waals surface area contributed by atoms with Gasteiger partial charge in [-0.3, -0.25) is 4.79 Å². The molecule has 0 spiro atoms. The van der Waals surface area contributed by atoms with Crippen LogP contribution in [0.5, 0.6) is 0 Å². The number of thioether (sulfide) groups is 1. The van der Waals surface area contributed by atoms with Gasteiger partial charge < -0.3 is 5.11 Å². The Morgan fingerprint density at radius 1 is 1.48 bits per heavy atom. The molecule has 0 aliphatic carbocycles. The molecule has 1 aromatic carbocycles. The van der Waals surface area contributed by atoms with E-state index in [1.807, 2.05) is 13.8 Å². The van der Waals surface area contributed by atoms with Gasteiger partial charge in [0, 0.05) is 10.8 Å². The molecule has 0 aromatic heterocycles. The first-order chi connectivity index (χ1) is 9.75. The lowest BCUT2D eigenvalue weighted by Crippen LogP contribution is -2.46. The number of hydrogen-bond donors (Lipinski definition) is 1. The Morgan fingerprint density at radius 2 is 2.14 bits per heavy atom. The summed E-state index contributed by atoms with van der Waals surface area (Å²) in [6.45, 7) is 3.75. The Balaban J connectivity index is 2.50. The van der Waals surface area contributed by atoms with Crippen LogP contribution in [0.25, 0.3) is 0 Å². The highest BCUT2D eigenvalue weighted by Crippen LogP contribution is 2.38. The number of benzene rings is 1. The molecule has 8 heteroatoms. The van der Waals surface area contributed by atoms with Crippen molar-refractivity contribution in [2.45, 2.75) is 30.2 Å². The average molecular weight is 350 g/mol. The minimum absolute atomic E-state index is 0.00769. The Labute approximate surface area is 133 Å². The van der Waals surface area contributed by atoms with Gasteiger partial charge >= 0.3 is 5.97 Å². The predicted molar refractivity (Wildman–Crippen MR) is 83.0 cm³/mol. The monoisotopic (exact) mass is 349 g/mol. The van der Waals surface area contributed by atoms with Gasteiger partial charge in [-0.05, 0) is 24.1 Å². The molecule has 1 aliphatic heterocycles. The number of nitrogens with zero attached hydrogens (tertiary/aromatic N) is 1. The highest BCUT2D eigenvalue weighted by atomic mass is 35.5. The van der Waals surface area contributed by atoms with Crippen LogP contribution in [0.15, 0.2) is 29.2 Å². The van der Waals surface area contributed by atoms with Crippen LogP contribution >= 0.6 is 23.4 Å². The van der Waals surface area contributed by atoms with Crippen LogP contribution in [0.2, 0.25) is 5.02 Å². The van der Waals surface area contributed by atoms with Gasteiger partial charge in [-0.25, -0.2) is 8.42 Å². The van der Waals surface area contributed by atoms with E-state index in [4.69, 9.17) is 11.6 Å². The van der Waals surface area contributed by atoms with Crippen molar-refractivity contribution in [3.63, 3.8) is 0 Å². The number of carboxylic acids is 1. The second-order valence-corrected chi connectivity index (χ2v) is 8.54. The quantitative estimate of drug-likeness (QED) is 0.904. The van der Waals surface area contributed by atoms with Crippen LogP contribution in [0.1, 0.15) is 13.8 Å². The third-order valence-electron chi connectivity index (χ3n) is 3.21. The van der Waals surface area contributed by atoms with Crippen molar-refractivity contribution < 1.29 is 18.3 Å². The Kier molecular flexibility index (Phi) is 4.87. The second-order valence-electron chi connectivity index (χ2n) is 5.11. The van der Waals surface area contributed by atoms with Gasteiger partial charge in [0.15, 0.2) is 0 Å². The summed E-state index contributed by atoms with van der Waals surface area (Å²) >= 11 is 7.20. The average Bonchev–Trinajstić information content (AvgIpc) is 2.84. The molecule has 2 rings (SSSR count). The molecule has 2 atom stereocenters. The van der Waals surface area contributed by atoms with Crippen molar-refractivity contribution in [1.82, 2.24) is 4.31 Å². The molecule has 5 nitrogen and oxygen atoms in total. The fraction of sp³-hybridized carbons (Fsp3) is 0.462. The van der Waals surface area contributed by atoms with Crippen LogP contribution < -0.4 is 0 Å². The first-order valence-corrected chi connectivity index (χ1v) is 9.25. The molecule has 0 radical (unpaired) electrons. The summed E-state index contributed by atoms with van der Waals surface area (Å²) < 4.78 is 26.7. The lowest BCUT2D eigenvalue weighted by molar-refractivity contribution is -0.140. The molecule has 1 aromatic rings. The maximum absolute atomic E-state index is 12.8. The number of hydrogen-bond acceptors (Lipinski definition) is 4. The summed E-state index contributed by atoms with van der Waals surface area (Å²) in [5, 5.41) is 9.21. The van der Waals surface area contributed by atoms with Crippen LogP contribution in [0.4, 0.5) is 0 Å². The summed E-state index contributed by atoms with van der Waals surface area (Å²) in [5.74, 6) is -0.873.